The van der Waals surface area contributed by atoms with E-state index in [2.05, 4.69) is 4.72 Å². The quantitative estimate of drug-likeness (QED) is 0.338. The van der Waals surface area contributed by atoms with Crippen molar-refractivity contribution in [2.45, 2.75) is 17.4 Å². The molecule has 1 atom stereocenters. The van der Waals surface area contributed by atoms with E-state index in [9.17, 15) is 8.42 Å². The van der Waals surface area contributed by atoms with Gasteiger partial charge in [0.25, 0.3) is 10.0 Å². The van der Waals surface area contributed by atoms with Crippen LogP contribution in [0, 0.1) is 0 Å². The summed E-state index contributed by atoms with van der Waals surface area (Å²) in [7, 11) is -3.74. The van der Waals surface area contributed by atoms with E-state index in [0.29, 0.717) is 17.1 Å². The summed E-state index contributed by atoms with van der Waals surface area (Å²) in [6, 6.07) is 33.4. The Kier molecular flexibility index (Phi) is 6.09. The largest absolute Gasteiger partial charge is 0.280 e. The van der Waals surface area contributed by atoms with Crippen LogP contribution in [-0.4, -0.2) is 14.1 Å². The maximum atomic E-state index is 13.0. The van der Waals surface area contributed by atoms with Gasteiger partial charge in [-0.3, -0.25) is 9.73 Å². The molecule has 0 amide bonds. The lowest BCUT2D eigenvalue weighted by Crippen LogP contribution is -2.18. The minimum Gasteiger partial charge on any atom is -0.280 e. The molecule has 1 heterocycles. The second-order valence-electron chi connectivity index (χ2n) is 8.00. The van der Waals surface area contributed by atoms with Crippen LogP contribution in [-0.2, 0) is 10.0 Å². The molecule has 0 radical (unpaired) electrons. The van der Waals surface area contributed by atoms with Crippen molar-refractivity contribution in [3.63, 3.8) is 0 Å². The van der Waals surface area contributed by atoms with E-state index in [4.69, 9.17) is 16.7 Å². The zero-order chi connectivity index (χ0) is 23.5. The Labute approximate surface area is 204 Å². The normalized spacial score (nSPS) is 15.7. The maximum absolute atomic E-state index is 13.0. The van der Waals surface area contributed by atoms with E-state index in [1.807, 2.05) is 71.7 Å². The summed E-state index contributed by atoms with van der Waals surface area (Å²) < 4.78 is 28.6. The number of para-hydroxylation sites is 2. The zero-order valence-corrected chi connectivity index (χ0v) is 19.7. The lowest BCUT2D eigenvalue weighted by molar-refractivity contribution is 0.601. The van der Waals surface area contributed by atoms with Gasteiger partial charge >= 0.3 is 0 Å². The highest BCUT2D eigenvalue weighted by Crippen LogP contribution is 2.37. The van der Waals surface area contributed by atoms with Crippen LogP contribution in [0.5, 0.6) is 0 Å². The molecule has 5 rings (SSSR count). The average Bonchev–Trinajstić information content (AvgIpc) is 3.31. The molecule has 4 aromatic carbocycles. The smallest absolute Gasteiger partial charge is 0.261 e. The van der Waals surface area contributed by atoms with Crippen LogP contribution >= 0.6 is 11.6 Å². The minimum atomic E-state index is -3.74. The third kappa shape index (κ3) is 4.69. The van der Waals surface area contributed by atoms with Crippen molar-refractivity contribution < 1.29 is 8.42 Å². The summed E-state index contributed by atoms with van der Waals surface area (Å²) in [5, 5.41) is 7.56. The van der Waals surface area contributed by atoms with Gasteiger partial charge in [-0.2, -0.15) is 5.10 Å². The summed E-state index contributed by atoms with van der Waals surface area (Å²) in [5.74, 6) is 0. The summed E-state index contributed by atoms with van der Waals surface area (Å²) in [4.78, 5) is 0.189. The molecule has 1 aliphatic rings. The highest BCUT2D eigenvalue weighted by molar-refractivity contribution is 7.92. The first-order valence-corrected chi connectivity index (χ1v) is 12.7. The molecule has 170 valence electrons. The van der Waals surface area contributed by atoms with Gasteiger partial charge in [-0.05, 0) is 59.7 Å². The van der Waals surface area contributed by atoms with Crippen molar-refractivity contribution in [1.82, 2.24) is 0 Å². The molecule has 0 saturated heterocycles. The van der Waals surface area contributed by atoms with E-state index < -0.39 is 10.0 Å². The summed E-state index contributed by atoms with van der Waals surface area (Å²) in [5.41, 5.74) is 4.09. The van der Waals surface area contributed by atoms with Gasteiger partial charge in [0.2, 0.25) is 0 Å². The third-order valence-corrected chi connectivity index (χ3v) is 7.28. The van der Waals surface area contributed by atoms with Crippen LogP contribution < -0.4 is 9.73 Å². The highest BCUT2D eigenvalue weighted by atomic mass is 35.5. The topological polar surface area (TPSA) is 61.8 Å². The number of sulfonamides is 1. The van der Waals surface area contributed by atoms with Crippen LogP contribution in [0.15, 0.2) is 119 Å². The van der Waals surface area contributed by atoms with Gasteiger partial charge in [0.15, 0.2) is 0 Å². The Morgan fingerprint density at radius 3 is 2.26 bits per heavy atom. The molecule has 0 saturated carbocycles. The first-order valence-electron chi connectivity index (χ1n) is 10.9. The molecule has 1 aliphatic heterocycles. The Morgan fingerprint density at radius 1 is 0.824 bits per heavy atom. The van der Waals surface area contributed by atoms with E-state index in [-0.39, 0.29) is 10.9 Å². The number of hydrazone groups is 1. The van der Waals surface area contributed by atoms with Crippen LogP contribution in [0.3, 0.4) is 0 Å². The van der Waals surface area contributed by atoms with Crippen molar-refractivity contribution in [1.29, 1.82) is 0 Å². The summed E-state index contributed by atoms with van der Waals surface area (Å²) in [6.45, 7) is 0. The van der Waals surface area contributed by atoms with E-state index in [0.717, 1.165) is 22.5 Å². The van der Waals surface area contributed by atoms with Crippen molar-refractivity contribution in [2.24, 2.45) is 5.10 Å². The van der Waals surface area contributed by atoms with Crippen molar-refractivity contribution in [3.05, 3.63) is 125 Å². The van der Waals surface area contributed by atoms with Crippen LogP contribution in [0.1, 0.15) is 23.6 Å². The second-order valence-corrected chi connectivity index (χ2v) is 10.1. The number of halogens is 1. The lowest BCUT2D eigenvalue weighted by Gasteiger charge is -2.24. The zero-order valence-electron chi connectivity index (χ0n) is 18.2. The van der Waals surface area contributed by atoms with Gasteiger partial charge in [-0.1, -0.05) is 72.3 Å². The van der Waals surface area contributed by atoms with Gasteiger partial charge in [-0.15, -0.1) is 0 Å². The molecule has 0 fully saturated rings. The fourth-order valence-electron chi connectivity index (χ4n) is 4.04. The second kappa shape index (κ2) is 9.33. The molecular formula is C27H22ClN3O2S. The number of rotatable bonds is 6. The number of benzene rings is 4. The Hall–Kier alpha value is -3.61. The molecule has 34 heavy (non-hydrogen) atoms. The average molecular weight is 488 g/mol. The van der Waals surface area contributed by atoms with Gasteiger partial charge in [0.05, 0.1) is 22.3 Å². The first-order chi connectivity index (χ1) is 16.5. The standard InChI is InChI=1S/C27H22ClN3O2S/c28-22-11-7-10-21(17-22)27-19-26(29-31(27)24-14-5-2-6-15-24)20-9-8-16-25(18-20)34(32,33)30-23-12-3-1-4-13-23/h1-18,27,30H,19H2. The van der Waals surface area contributed by atoms with Crippen molar-refractivity contribution in [2.75, 3.05) is 9.73 Å². The maximum Gasteiger partial charge on any atom is 0.261 e. The Morgan fingerprint density at radius 2 is 1.53 bits per heavy atom. The van der Waals surface area contributed by atoms with Gasteiger partial charge in [0.1, 0.15) is 0 Å². The number of hydrogen-bond donors (Lipinski definition) is 1. The SMILES string of the molecule is O=S(=O)(Nc1ccccc1)c1cccc(C2=NN(c3ccccc3)C(c3cccc(Cl)c3)C2)c1. The fourth-order valence-corrected chi connectivity index (χ4v) is 5.34. The van der Waals surface area contributed by atoms with Crippen LogP contribution in [0.2, 0.25) is 5.02 Å². The predicted molar refractivity (Wildman–Crippen MR) is 138 cm³/mol. The molecule has 4 aromatic rings. The van der Waals surface area contributed by atoms with Gasteiger partial charge < -0.3 is 0 Å². The number of nitrogens with one attached hydrogen (secondary N) is 1. The van der Waals surface area contributed by atoms with E-state index in [1.165, 1.54) is 0 Å². The third-order valence-electron chi connectivity index (χ3n) is 5.67. The summed E-state index contributed by atoms with van der Waals surface area (Å²) >= 11 is 6.28. The van der Waals surface area contributed by atoms with E-state index in [1.54, 1.807) is 42.5 Å². The lowest BCUT2D eigenvalue weighted by atomic mass is 9.98. The molecule has 0 aliphatic carbocycles. The predicted octanol–water partition coefficient (Wildman–Crippen LogP) is 6.50. The Balaban J connectivity index is 1.50. The molecule has 0 aromatic heterocycles. The van der Waals surface area contributed by atoms with Crippen molar-refractivity contribution >= 4 is 38.7 Å². The van der Waals surface area contributed by atoms with Crippen LogP contribution in [0.4, 0.5) is 11.4 Å². The van der Waals surface area contributed by atoms with E-state index >= 15 is 0 Å². The fraction of sp³-hybridized carbons (Fsp3) is 0.0741. The summed E-state index contributed by atoms with van der Waals surface area (Å²) in [6.07, 6.45) is 0.616. The minimum absolute atomic E-state index is 0.0567. The molecular weight excluding hydrogens is 466 g/mol. The van der Waals surface area contributed by atoms with Crippen molar-refractivity contribution in [3.8, 4) is 0 Å². The molecule has 0 bridgehead atoms. The molecule has 5 nitrogen and oxygen atoms in total. The monoisotopic (exact) mass is 487 g/mol. The van der Waals surface area contributed by atoms with Gasteiger partial charge in [-0.25, -0.2) is 8.42 Å². The number of hydrogen-bond acceptors (Lipinski definition) is 4. The number of nitrogens with zero attached hydrogens (tertiary/aromatic N) is 2. The molecule has 1 N–H and O–H groups in total. The molecule has 0 spiro atoms. The Bertz CT molecular complexity index is 1440. The highest BCUT2D eigenvalue weighted by Gasteiger charge is 2.30. The first kappa shape index (κ1) is 22.2. The number of anilines is 2. The van der Waals surface area contributed by atoms with Crippen LogP contribution in [0.25, 0.3) is 0 Å². The van der Waals surface area contributed by atoms with Gasteiger partial charge in [0, 0.05) is 17.1 Å². The molecule has 7 heteroatoms. The molecule has 1 unspecified atom stereocenters.